The number of hydrogen-bond acceptors (Lipinski definition) is 15. The molecule has 0 aliphatic heterocycles. The smallest absolute Gasteiger partial charge is 0.462 e. The third-order valence-corrected chi connectivity index (χ3v) is 21.3. The Morgan fingerprint density at radius 2 is 0.515 bits per heavy atom. The number of aliphatic hydroxyl groups is 1. The zero-order chi connectivity index (χ0) is 73.0. The highest BCUT2D eigenvalue weighted by atomic mass is 31.2. The first-order valence-electron chi connectivity index (χ1n) is 41.4. The molecule has 0 saturated heterocycles. The number of ether oxygens (including phenoxy) is 4. The van der Waals surface area contributed by atoms with Crippen molar-refractivity contribution in [1.82, 2.24) is 0 Å². The van der Waals surface area contributed by atoms with Crippen LogP contribution in [0.25, 0.3) is 0 Å². The molecule has 0 fully saturated rings. The van der Waals surface area contributed by atoms with Crippen molar-refractivity contribution < 1.29 is 80.2 Å². The average molecular weight is 1450 g/mol. The van der Waals surface area contributed by atoms with Gasteiger partial charge in [0.2, 0.25) is 0 Å². The molecule has 0 rings (SSSR count). The summed E-state index contributed by atoms with van der Waals surface area (Å²) in [6, 6.07) is 0. The van der Waals surface area contributed by atoms with Gasteiger partial charge < -0.3 is 33.8 Å². The lowest BCUT2D eigenvalue weighted by molar-refractivity contribution is -0.161. The first kappa shape index (κ1) is 97.1. The van der Waals surface area contributed by atoms with Crippen LogP contribution in [0.4, 0.5) is 0 Å². The highest BCUT2D eigenvalue weighted by molar-refractivity contribution is 7.47. The number of carbonyl (C=O) groups excluding carboxylic acids is 4. The Morgan fingerprint density at radius 1 is 0.293 bits per heavy atom. The topological polar surface area (TPSA) is 237 Å². The third kappa shape index (κ3) is 71.5. The van der Waals surface area contributed by atoms with Crippen LogP contribution in [-0.2, 0) is 65.4 Å². The largest absolute Gasteiger partial charge is 0.472 e. The van der Waals surface area contributed by atoms with E-state index in [4.69, 9.17) is 37.0 Å². The zero-order valence-corrected chi connectivity index (χ0v) is 66.8. The van der Waals surface area contributed by atoms with E-state index in [1.807, 2.05) is 0 Å². The molecule has 17 nitrogen and oxygen atoms in total. The molecule has 3 N–H and O–H groups in total. The molecule has 0 aromatic carbocycles. The summed E-state index contributed by atoms with van der Waals surface area (Å²) in [5.74, 6) is 0.264. The predicted octanol–water partition coefficient (Wildman–Crippen LogP) is 23.7. The molecule has 0 spiro atoms. The Kier molecular flexibility index (Phi) is 69.0. The van der Waals surface area contributed by atoms with Crippen LogP contribution in [0.2, 0.25) is 0 Å². The summed E-state index contributed by atoms with van der Waals surface area (Å²) in [6.07, 6.45) is 58.1. The lowest BCUT2D eigenvalue weighted by Crippen LogP contribution is -2.30. The second-order valence-corrected chi connectivity index (χ2v) is 32.7. The lowest BCUT2D eigenvalue weighted by Gasteiger charge is -2.21. The minimum absolute atomic E-state index is 0.107. The Hall–Kier alpha value is -1.94. The Bertz CT molecular complexity index is 1930. The van der Waals surface area contributed by atoms with Crippen molar-refractivity contribution in [1.29, 1.82) is 0 Å². The number of rotatable bonds is 78. The molecule has 99 heavy (non-hydrogen) atoms. The maximum Gasteiger partial charge on any atom is 0.472 e. The zero-order valence-electron chi connectivity index (χ0n) is 65.0. The first-order chi connectivity index (χ1) is 47.8. The van der Waals surface area contributed by atoms with Crippen molar-refractivity contribution in [3.8, 4) is 0 Å². The van der Waals surface area contributed by atoms with Crippen LogP contribution in [0.3, 0.4) is 0 Å². The van der Waals surface area contributed by atoms with Crippen molar-refractivity contribution in [3.63, 3.8) is 0 Å². The van der Waals surface area contributed by atoms with Crippen molar-refractivity contribution in [2.75, 3.05) is 39.6 Å². The van der Waals surface area contributed by atoms with Gasteiger partial charge in [-0.2, -0.15) is 0 Å². The van der Waals surface area contributed by atoms with Crippen LogP contribution in [0, 0.1) is 17.8 Å². The van der Waals surface area contributed by atoms with Gasteiger partial charge in [-0.1, -0.05) is 363 Å². The van der Waals surface area contributed by atoms with Crippen LogP contribution in [0.1, 0.15) is 414 Å². The van der Waals surface area contributed by atoms with Gasteiger partial charge in [-0.25, -0.2) is 9.13 Å². The summed E-state index contributed by atoms with van der Waals surface area (Å²) in [5, 5.41) is 10.6. The van der Waals surface area contributed by atoms with E-state index in [0.717, 1.165) is 114 Å². The van der Waals surface area contributed by atoms with E-state index in [9.17, 15) is 43.2 Å². The van der Waals surface area contributed by atoms with Crippen molar-refractivity contribution in [3.05, 3.63) is 0 Å². The molecule has 0 aliphatic carbocycles. The molecule has 19 heteroatoms. The molecule has 0 aromatic rings. The normalized spacial score (nSPS) is 14.5. The Labute approximate surface area is 607 Å². The second kappa shape index (κ2) is 70.4. The monoisotopic (exact) mass is 1450 g/mol. The molecule has 4 unspecified atom stereocenters. The summed E-state index contributed by atoms with van der Waals surface area (Å²) in [7, 11) is -9.92. The molecule has 0 aliphatic rings. The van der Waals surface area contributed by atoms with Gasteiger partial charge in [0.15, 0.2) is 12.2 Å². The molecule has 0 radical (unpaired) electrons. The van der Waals surface area contributed by atoms with E-state index in [2.05, 4.69) is 48.5 Å². The Morgan fingerprint density at radius 3 is 0.768 bits per heavy atom. The average Bonchev–Trinajstić information content (AvgIpc) is 1.84. The number of hydrogen-bond donors (Lipinski definition) is 3. The first-order valence-corrected chi connectivity index (χ1v) is 44.4. The van der Waals surface area contributed by atoms with Gasteiger partial charge in [0.05, 0.1) is 26.4 Å². The van der Waals surface area contributed by atoms with Crippen LogP contribution in [-0.4, -0.2) is 96.7 Å². The summed E-state index contributed by atoms with van der Waals surface area (Å²) in [6.45, 7) is 12.0. The number of unbranched alkanes of at least 4 members (excludes halogenated alkanes) is 44. The maximum absolute atomic E-state index is 13.1. The molecule has 0 saturated carbocycles. The van der Waals surface area contributed by atoms with Crippen molar-refractivity contribution in [2.45, 2.75) is 433 Å². The maximum atomic E-state index is 13.1. The van der Waals surface area contributed by atoms with Crippen LogP contribution >= 0.6 is 15.6 Å². The highest BCUT2D eigenvalue weighted by Gasteiger charge is 2.30. The van der Waals surface area contributed by atoms with Gasteiger partial charge in [0.25, 0.3) is 0 Å². The van der Waals surface area contributed by atoms with Gasteiger partial charge in [-0.15, -0.1) is 0 Å². The predicted molar refractivity (Wildman–Crippen MR) is 405 cm³/mol. The van der Waals surface area contributed by atoms with Gasteiger partial charge in [0.1, 0.15) is 19.3 Å². The minimum Gasteiger partial charge on any atom is -0.462 e. The van der Waals surface area contributed by atoms with E-state index >= 15 is 0 Å². The van der Waals surface area contributed by atoms with E-state index < -0.39 is 97.5 Å². The minimum atomic E-state index is -4.96. The fourth-order valence-electron chi connectivity index (χ4n) is 12.2. The van der Waals surface area contributed by atoms with Crippen molar-refractivity contribution >= 4 is 39.5 Å². The molecule has 0 heterocycles. The molecule has 588 valence electrons. The molecule has 7 atom stereocenters. The molecule has 0 amide bonds. The quantitative estimate of drug-likeness (QED) is 0.0222. The van der Waals surface area contributed by atoms with Crippen LogP contribution < -0.4 is 0 Å². The van der Waals surface area contributed by atoms with Gasteiger partial charge in [-0.3, -0.25) is 37.3 Å². The van der Waals surface area contributed by atoms with Gasteiger partial charge in [0, 0.05) is 25.7 Å². The van der Waals surface area contributed by atoms with Crippen molar-refractivity contribution in [2.24, 2.45) is 17.8 Å². The molecular formula is C80H156O17P2. The molecule has 0 aromatic heterocycles. The summed E-state index contributed by atoms with van der Waals surface area (Å²) >= 11 is 0. The van der Waals surface area contributed by atoms with E-state index in [1.165, 1.54) is 218 Å². The SMILES string of the molecule is CCCCCCCCCCCCCCCCC(=O)O[C@H](COC(=O)CCCCCCCCC(C)CC)COP(=O)(O)OC[C@H](O)COP(=O)(O)OC[C@@H](COC(=O)CCCCCCCCCCCCCCCCC(C)C)OC(=O)CCCCCCCCCCCCCCCCC(C)CC. The molecular weight excluding hydrogens is 1290 g/mol. The summed E-state index contributed by atoms with van der Waals surface area (Å²) in [5.41, 5.74) is 0. The number of aliphatic hydroxyl groups excluding tert-OH is 1. The third-order valence-electron chi connectivity index (χ3n) is 19.4. The second-order valence-electron chi connectivity index (χ2n) is 29.8. The number of esters is 4. The fourth-order valence-corrected chi connectivity index (χ4v) is 13.8. The van der Waals surface area contributed by atoms with E-state index in [1.54, 1.807) is 0 Å². The Balaban J connectivity index is 5.25. The molecule has 0 bridgehead atoms. The number of phosphoric ester groups is 2. The summed E-state index contributed by atoms with van der Waals surface area (Å²) < 4.78 is 68.7. The van der Waals surface area contributed by atoms with E-state index in [0.29, 0.717) is 25.7 Å². The van der Waals surface area contributed by atoms with E-state index in [-0.39, 0.29) is 25.7 Å². The standard InChI is InChI=1S/C80H156O17P2/c1-8-11-12-13-14-15-16-17-24-30-35-40-49-56-63-80(85)97-76(68-91-78(83)62-55-48-43-42-46-53-60-73(7)10-3)70-95-99(88,89)93-66-74(81)65-92-98(86,87)94-69-75(67-90-77(82)61-54-47-39-34-29-25-20-18-22-27-32-37-44-51-58-71(4)5)96-79(84)64-57-50-41-36-31-26-21-19-23-28-33-38-45-52-59-72(6)9-2/h71-76,81H,8-70H2,1-7H3,(H,86,87)(H,88,89)/t72?,73?,74-,75-,76-/m1/s1. The van der Waals surface area contributed by atoms with Crippen LogP contribution in [0.5, 0.6) is 0 Å². The van der Waals surface area contributed by atoms with Gasteiger partial charge in [-0.05, 0) is 43.4 Å². The summed E-state index contributed by atoms with van der Waals surface area (Å²) in [4.78, 5) is 73.0. The number of phosphoric acid groups is 2. The van der Waals surface area contributed by atoms with Gasteiger partial charge >= 0.3 is 39.5 Å². The fraction of sp³-hybridized carbons (Fsp3) is 0.950. The highest BCUT2D eigenvalue weighted by Crippen LogP contribution is 2.45. The number of carbonyl (C=O) groups is 4. The lowest BCUT2D eigenvalue weighted by atomic mass is 9.99. The van der Waals surface area contributed by atoms with Crippen LogP contribution in [0.15, 0.2) is 0 Å².